The van der Waals surface area contributed by atoms with Crippen LogP contribution in [0.4, 0.5) is 5.69 Å². The van der Waals surface area contributed by atoms with Crippen LogP contribution in [0.5, 0.6) is 0 Å². The molecule has 0 bridgehead atoms. The molecule has 220 valence electrons. The minimum atomic E-state index is -4.25. The predicted octanol–water partition coefficient (Wildman–Crippen LogP) is 6.53. The molecule has 7 nitrogen and oxygen atoms in total. The smallest absolute Gasteiger partial charge is 0.264 e. The zero-order valence-corrected chi connectivity index (χ0v) is 26.4. The topological polar surface area (TPSA) is 86.8 Å². The van der Waals surface area contributed by atoms with E-state index in [1.165, 1.54) is 29.2 Å². The molecule has 0 heterocycles. The van der Waals surface area contributed by atoms with Crippen molar-refractivity contribution in [2.24, 2.45) is 0 Å². The maximum absolute atomic E-state index is 14.2. The monoisotopic (exact) mass is 617 g/mol. The second kappa shape index (κ2) is 14.2. The number of carbonyl (C=O) groups is 2. The van der Waals surface area contributed by atoms with Gasteiger partial charge >= 0.3 is 0 Å². The van der Waals surface area contributed by atoms with Crippen LogP contribution in [0.2, 0.25) is 10.0 Å². The first-order valence-corrected chi connectivity index (χ1v) is 15.8. The molecule has 0 saturated carbocycles. The maximum atomic E-state index is 14.2. The number of hydrogen-bond acceptors (Lipinski definition) is 4. The zero-order chi connectivity index (χ0) is 30.3. The summed E-state index contributed by atoms with van der Waals surface area (Å²) in [4.78, 5) is 29.0. The van der Waals surface area contributed by atoms with Crippen molar-refractivity contribution in [3.8, 4) is 0 Å². The summed E-state index contributed by atoms with van der Waals surface area (Å²) in [6.07, 6.45) is 1.06. The molecule has 3 aromatic carbocycles. The molecule has 41 heavy (non-hydrogen) atoms. The van der Waals surface area contributed by atoms with E-state index in [1.54, 1.807) is 18.2 Å². The van der Waals surface area contributed by atoms with Gasteiger partial charge in [-0.25, -0.2) is 8.42 Å². The summed E-state index contributed by atoms with van der Waals surface area (Å²) in [7, 11) is -4.25. The number of nitrogens with zero attached hydrogens (tertiary/aromatic N) is 2. The number of aryl methyl sites for hydroxylation is 2. The molecule has 3 rings (SSSR count). The molecule has 0 saturated heterocycles. The lowest BCUT2D eigenvalue weighted by molar-refractivity contribution is -0.140. The molecule has 0 fully saturated rings. The van der Waals surface area contributed by atoms with Gasteiger partial charge in [-0.3, -0.25) is 13.9 Å². The maximum Gasteiger partial charge on any atom is 0.264 e. The lowest BCUT2D eigenvalue weighted by atomic mass is 10.1. The molecule has 2 atom stereocenters. The van der Waals surface area contributed by atoms with Crippen LogP contribution in [-0.4, -0.2) is 43.8 Å². The van der Waals surface area contributed by atoms with Crippen LogP contribution >= 0.6 is 23.2 Å². The number of carbonyl (C=O) groups excluding carboxylic acids is 2. The highest BCUT2D eigenvalue weighted by Crippen LogP contribution is 2.33. The summed E-state index contributed by atoms with van der Waals surface area (Å²) < 4.78 is 29.0. The molecule has 0 unspecified atom stereocenters. The lowest BCUT2D eigenvalue weighted by Crippen LogP contribution is -2.53. The summed E-state index contributed by atoms with van der Waals surface area (Å²) in [5.41, 5.74) is 2.78. The molecule has 3 aromatic rings. The quantitative estimate of drug-likeness (QED) is 0.250. The Kier molecular flexibility index (Phi) is 11.2. The first-order chi connectivity index (χ1) is 19.4. The van der Waals surface area contributed by atoms with E-state index >= 15 is 0 Å². The number of amides is 2. The molecular weight excluding hydrogens is 581 g/mol. The van der Waals surface area contributed by atoms with Gasteiger partial charge in [0.2, 0.25) is 11.8 Å². The molecule has 0 aliphatic carbocycles. The van der Waals surface area contributed by atoms with Gasteiger partial charge in [0.15, 0.2) is 0 Å². The van der Waals surface area contributed by atoms with Gasteiger partial charge in [-0.05, 0) is 69.5 Å². The van der Waals surface area contributed by atoms with Crippen molar-refractivity contribution in [2.45, 2.75) is 71.0 Å². The van der Waals surface area contributed by atoms with E-state index in [4.69, 9.17) is 23.2 Å². The Bertz CT molecular complexity index is 1480. The Labute approximate surface area is 253 Å². The normalized spacial score (nSPS) is 12.9. The largest absolute Gasteiger partial charge is 0.352 e. The van der Waals surface area contributed by atoms with Crippen LogP contribution in [0.3, 0.4) is 0 Å². The summed E-state index contributed by atoms with van der Waals surface area (Å²) in [5.74, 6) is -0.846. The third kappa shape index (κ3) is 8.24. The van der Waals surface area contributed by atoms with Crippen molar-refractivity contribution in [3.63, 3.8) is 0 Å². The first kappa shape index (κ1) is 32.4. The van der Waals surface area contributed by atoms with E-state index in [1.807, 2.05) is 58.9 Å². The fourth-order valence-electron chi connectivity index (χ4n) is 4.40. The Morgan fingerprint density at radius 3 is 2.20 bits per heavy atom. The zero-order valence-electron chi connectivity index (χ0n) is 24.0. The Morgan fingerprint density at radius 2 is 1.59 bits per heavy atom. The van der Waals surface area contributed by atoms with E-state index in [0.717, 1.165) is 27.4 Å². The van der Waals surface area contributed by atoms with E-state index < -0.39 is 28.5 Å². The van der Waals surface area contributed by atoms with Crippen molar-refractivity contribution in [1.29, 1.82) is 0 Å². The summed E-state index contributed by atoms with van der Waals surface area (Å²) in [6.45, 7) is 9.01. The lowest BCUT2D eigenvalue weighted by Gasteiger charge is -2.34. The van der Waals surface area contributed by atoms with Gasteiger partial charge in [0.05, 0.1) is 15.6 Å². The average molecular weight is 619 g/mol. The third-order valence-electron chi connectivity index (χ3n) is 6.89. The average Bonchev–Trinajstić information content (AvgIpc) is 2.93. The first-order valence-electron chi connectivity index (χ1n) is 13.6. The number of halogens is 2. The van der Waals surface area contributed by atoms with Gasteiger partial charge < -0.3 is 10.2 Å². The van der Waals surface area contributed by atoms with Crippen molar-refractivity contribution in [1.82, 2.24) is 10.2 Å². The van der Waals surface area contributed by atoms with Crippen molar-refractivity contribution >= 4 is 50.7 Å². The molecule has 10 heteroatoms. The highest BCUT2D eigenvalue weighted by molar-refractivity contribution is 7.92. The van der Waals surface area contributed by atoms with Gasteiger partial charge in [0.1, 0.15) is 12.6 Å². The van der Waals surface area contributed by atoms with E-state index in [2.05, 4.69) is 5.32 Å². The Morgan fingerprint density at radius 1 is 0.902 bits per heavy atom. The molecule has 0 radical (unpaired) electrons. The second-order valence-electron chi connectivity index (χ2n) is 10.2. The molecule has 1 N–H and O–H groups in total. The van der Waals surface area contributed by atoms with Gasteiger partial charge in [-0.1, -0.05) is 84.6 Å². The number of anilines is 1. The minimum absolute atomic E-state index is 0.00117. The summed E-state index contributed by atoms with van der Waals surface area (Å²) >= 11 is 12.7. The van der Waals surface area contributed by atoms with Crippen molar-refractivity contribution in [3.05, 3.63) is 93.5 Å². The summed E-state index contributed by atoms with van der Waals surface area (Å²) in [5, 5.41) is 3.35. The molecular formula is C31H37Cl2N3O4S. The van der Waals surface area contributed by atoms with Gasteiger partial charge in [0.25, 0.3) is 10.0 Å². The number of nitrogens with one attached hydrogen (secondary N) is 1. The Balaban J connectivity index is 2.10. The molecule has 2 amide bonds. The second-order valence-corrected chi connectivity index (χ2v) is 12.9. The van der Waals surface area contributed by atoms with Gasteiger partial charge in [-0.2, -0.15) is 0 Å². The van der Waals surface area contributed by atoms with Gasteiger partial charge in [-0.15, -0.1) is 0 Å². The highest BCUT2D eigenvalue weighted by Gasteiger charge is 2.34. The van der Waals surface area contributed by atoms with Crippen LogP contribution in [0.1, 0.15) is 50.3 Å². The van der Waals surface area contributed by atoms with Crippen molar-refractivity contribution in [2.75, 3.05) is 10.8 Å². The predicted molar refractivity (Wildman–Crippen MR) is 166 cm³/mol. The highest BCUT2D eigenvalue weighted by atomic mass is 35.5. The van der Waals surface area contributed by atoms with Crippen LogP contribution in [-0.2, 0) is 26.2 Å². The van der Waals surface area contributed by atoms with E-state index in [-0.39, 0.29) is 39.1 Å². The fourth-order valence-corrected chi connectivity index (χ4v) is 6.26. The third-order valence-corrected chi connectivity index (χ3v) is 9.22. The van der Waals surface area contributed by atoms with E-state index in [9.17, 15) is 18.0 Å². The SMILES string of the molecule is CC[C@H](C)NC(=O)[C@H](CC)N(Cc1cccc(C)c1)C(=O)CN(c1cc(Cl)ccc1Cl)S(=O)(=O)c1ccc(C)cc1. The van der Waals surface area contributed by atoms with Crippen LogP contribution in [0, 0.1) is 13.8 Å². The molecule has 0 aliphatic rings. The summed E-state index contributed by atoms with van der Waals surface area (Å²) in [6, 6.07) is 17.5. The number of benzene rings is 3. The number of sulfonamides is 1. The van der Waals surface area contributed by atoms with Crippen molar-refractivity contribution < 1.29 is 18.0 Å². The molecule has 0 aromatic heterocycles. The minimum Gasteiger partial charge on any atom is -0.352 e. The van der Waals surface area contributed by atoms with Crippen LogP contribution < -0.4 is 9.62 Å². The van der Waals surface area contributed by atoms with Gasteiger partial charge in [0, 0.05) is 17.6 Å². The number of hydrogen-bond donors (Lipinski definition) is 1. The Hall–Kier alpha value is -3.07. The van der Waals surface area contributed by atoms with Crippen LogP contribution in [0.25, 0.3) is 0 Å². The molecule has 0 spiro atoms. The fraction of sp³-hybridized carbons (Fsp3) is 0.355. The number of rotatable bonds is 12. The van der Waals surface area contributed by atoms with Crippen LogP contribution in [0.15, 0.2) is 71.6 Å². The van der Waals surface area contributed by atoms with E-state index in [0.29, 0.717) is 6.42 Å². The molecule has 0 aliphatic heterocycles. The standard InChI is InChI=1S/C31H37Cl2N3O4S/c1-6-23(5)34-31(38)28(7-2)35(19-24-10-8-9-22(4)17-24)30(37)20-36(29-18-25(32)13-16-27(29)33)41(39,40)26-14-11-21(3)12-15-26/h8-18,23,28H,6-7,19-20H2,1-5H3,(H,34,38)/t23-,28-/m0/s1.